The van der Waals surface area contributed by atoms with Crippen LogP contribution < -0.4 is 5.69 Å². The Balaban J connectivity index is 1.91. The van der Waals surface area contributed by atoms with Crippen LogP contribution in [-0.2, 0) is 11.3 Å². The first-order valence-corrected chi connectivity index (χ1v) is 6.42. The Morgan fingerprint density at radius 2 is 2.11 bits per heavy atom. The number of imidazole rings is 1. The fraction of sp³-hybridized carbons (Fsp3) is 0.692. The van der Waals surface area contributed by atoms with E-state index < -0.39 is 11.4 Å². The number of aryl methyl sites for hydroxylation is 1. The predicted octanol–water partition coefficient (Wildman–Crippen LogP) is 1.88. The lowest BCUT2D eigenvalue weighted by Gasteiger charge is -2.18. The summed E-state index contributed by atoms with van der Waals surface area (Å²) in [6.07, 6.45) is 7.10. The molecule has 1 N–H and O–H groups in total. The van der Waals surface area contributed by atoms with E-state index in [4.69, 9.17) is 5.11 Å². The zero-order chi connectivity index (χ0) is 13.3. The smallest absolute Gasteiger partial charge is 0.328 e. The minimum atomic E-state index is -0.787. The van der Waals surface area contributed by atoms with Crippen LogP contribution in [0, 0.1) is 5.41 Å². The molecule has 1 aromatic rings. The molecule has 0 aliphatic heterocycles. The van der Waals surface area contributed by atoms with E-state index in [2.05, 4.69) is 0 Å². The summed E-state index contributed by atoms with van der Waals surface area (Å²) in [7, 11) is 0. The number of carboxylic acid groups (broad SMARTS) is 1. The highest BCUT2D eigenvalue weighted by molar-refractivity contribution is 5.73. The molecular formula is C13H20N2O3. The van der Waals surface area contributed by atoms with E-state index in [0.29, 0.717) is 25.4 Å². The number of aliphatic carboxylic acids is 1. The third-order valence-electron chi connectivity index (χ3n) is 3.59. The molecule has 1 aromatic heterocycles. The lowest BCUT2D eigenvalue weighted by Crippen LogP contribution is -2.26. The molecule has 5 nitrogen and oxygen atoms in total. The van der Waals surface area contributed by atoms with E-state index in [-0.39, 0.29) is 5.69 Å². The van der Waals surface area contributed by atoms with Gasteiger partial charge in [-0.05, 0) is 39.5 Å². The molecule has 0 amide bonds. The number of hydrogen-bond acceptors (Lipinski definition) is 2. The zero-order valence-corrected chi connectivity index (χ0v) is 10.9. The first-order chi connectivity index (χ1) is 8.42. The maximum Gasteiger partial charge on any atom is 0.328 e. The van der Waals surface area contributed by atoms with E-state index in [9.17, 15) is 9.59 Å². The van der Waals surface area contributed by atoms with E-state index in [1.807, 2.05) is 6.20 Å². The van der Waals surface area contributed by atoms with Crippen molar-refractivity contribution in [3.8, 4) is 0 Å². The minimum absolute atomic E-state index is 0.0330. The van der Waals surface area contributed by atoms with Crippen molar-refractivity contribution in [3.63, 3.8) is 0 Å². The summed E-state index contributed by atoms with van der Waals surface area (Å²) in [5.41, 5.74) is -0.687. The van der Waals surface area contributed by atoms with E-state index in [0.717, 1.165) is 12.8 Å². The van der Waals surface area contributed by atoms with Crippen molar-refractivity contribution < 1.29 is 9.90 Å². The molecule has 0 aromatic carbocycles. The number of carboxylic acids is 1. The molecule has 1 aliphatic carbocycles. The van der Waals surface area contributed by atoms with Crippen LogP contribution in [0.3, 0.4) is 0 Å². The number of carbonyl (C=O) groups is 1. The summed E-state index contributed by atoms with van der Waals surface area (Å²) in [5, 5.41) is 9.01. The molecule has 0 saturated heterocycles. The summed E-state index contributed by atoms with van der Waals surface area (Å²) in [4.78, 5) is 22.9. The zero-order valence-electron chi connectivity index (χ0n) is 10.9. The second kappa shape index (κ2) is 4.63. The van der Waals surface area contributed by atoms with Crippen LogP contribution in [0.15, 0.2) is 17.2 Å². The van der Waals surface area contributed by atoms with Crippen LogP contribution in [0.25, 0.3) is 0 Å². The Labute approximate surface area is 106 Å². The SMILES string of the molecule is CC(C)(CCCn1ccn(C2CC2)c1=O)C(=O)O. The minimum Gasteiger partial charge on any atom is -0.481 e. The van der Waals surface area contributed by atoms with Gasteiger partial charge in [0, 0.05) is 25.0 Å². The van der Waals surface area contributed by atoms with Gasteiger partial charge in [0.05, 0.1) is 5.41 Å². The number of rotatable bonds is 6. The lowest BCUT2D eigenvalue weighted by molar-refractivity contribution is -0.147. The van der Waals surface area contributed by atoms with Crippen molar-refractivity contribution in [1.29, 1.82) is 0 Å². The van der Waals surface area contributed by atoms with Crippen molar-refractivity contribution in [2.45, 2.75) is 52.1 Å². The Bertz CT molecular complexity index is 495. The second-order valence-corrected chi connectivity index (χ2v) is 5.71. The van der Waals surface area contributed by atoms with Crippen LogP contribution in [0.1, 0.15) is 45.6 Å². The Morgan fingerprint density at radius 3 is 2.67 bits per heavy atom. The van der Waals surface area contributed by atoms with Crippen molar-refractivity contribution in [1.82, 2.24) is 9.13 Å². The fourth-order valence-corrected chi connectivity index (χ4v) is 2.03. The molecule has 0 spiro atoms. The predicted molar refractivity (Wildman–Crippen MR) is 67.6 cm³/mol. The van der Waals surface area contributed by atoms with Crippen LogP contribution in [0.5, 0.6) is 0 Å². The summed E-state index contributed by atoms with van der Waals surface area (Å²) < 4.78 is 3.46. The molecule has 0 unspecified atom stereocenters. The summed E-state index contributed by atoms with van der Waals surface area (Å²) in [6, 6.07) is 0.397. The van der Waals surface area contributed by atoms with Gasteiger partial charge in [-0.2, -0.15) is 0 Å². The molecule has 0 bridgehead atoms. The van der Waals surface area contributed by atoms with Crippen LogP contribution in [0.4, 0.5) is 0 Å². The third-order valence-corrected chi connectivity index (χ3v) is 3.59. The van der Waals surface area contributed by atoms with Gasteiger partial charge >= 0.3 is 11.7 Å². The highest BCUT2D eigenvalue weighted by Gasteiger charge is 2.27. The molecule has 1 saturated carbocycles. The van der Waals surface area contributed by atoms with Crippen molar-refractivity contribution >= 4 is 5.97 Å². The van der Waals surface area contributed by atoms with Crippen molar-refractivity contribution in [3.05, 3.63) is 22.9 Å². The quantitative estimate of drug-likeness (QED) is 0.840. The summed E-state index contributed by atoms with van der Waals surface area (Å²) in [6.45, 7) is 4.02. The molecular weight excluding hydrogens is 232 g/mol. The normalized spacial score (nSPS) is 15.9. The van der Waals surface area contributed by atoms with Gasteiger partial charge in [0.1, 0.15) is 0 Å². The molecule has 5 heteroatoms. The Morgan fingerprint density at radius 1 is 1.44 bits per heavy atom. The average Bonchev–Trinajstić information content (AvgIpc) is 3.05. The highest BCUT2D eigenvalue weighted by atomic mass is 16.4. The van der Waals surface area contributed by atoms with E-state index in [1.54, 1.807) is 29.2 Å². The van der Waals surface area contributed by atoms with Crippen LogP contribution >= 0.6 is 0 Å². The van der Waals surface area contributed by atoms with Gasteiger partial charge in [-0.25, -0.2) is 4.79 Å². The van der Waals surface area contributed by atoms with Gasteiger partial charge in [0.15, 0.2) is 0 Å². The second-order valence-electron chi connectivity index (χ2n) is 5.71. The highest BCUT2D eigenvalue weighted by Crippen LogP contribution is 2.33. The maximum atomic E-state index is 11.9. The van der Waals surface area contributed by atoms with Gasteiger partial charge in [-0.15, -0.1) is 0 Å². The maximum absolute atomic E-state index is 11.9. The van der Waals surface area contributed by atoms with E-state index >= 15 is 0 Å². The van der Waals surface area contributed by atoms with Gasteiger partial charge in [0.25, 0.3) is 0 Å². The topological polar surface area (TPSA) is 64.2 Å². The van der Waals surface area contributed by atoms with Crippen molar-refractivity contribution in [2.75, 3.05) is 0 Å². The van der Waals surface area contributed by atoms with Gasteiger partial charge < -0.3 is 5.11 Å². The van der Waals surface area contributed by atoms with E-state index in [1.165, 1.54) is 0 Å². The van der Waals surface area contributed by atoms with Crippen LogP contribution in [-0.4, -0.2) is 20.2 Å². The molecule has 0 atom stereocenters. The molecule has 1 fully saturated rings. The molecule has 100 valence electrons. The van der Waals surface area contributed by atoms with Gasteiger partial charge in [-0.3, -0.25) is 13.9 Å². The summed E-state index contributed by atoms with van der Waals surface area (Å²) in [5.74, 6) is -0.787. The lowest BCUT2D eigenvalue weighted by atomic mass is 9.88. The Kier molecular flexibility index (Phi) is 3.32. The van der Waals surface area contributed by atoms with Crippen LogP contribution in [0.2, 0.25) is 0 Å². The first-order valence-electron chi connectivity index (χ1n) is 6.42. The average molecular weight is 252 g/mol. The van der Waals surface area contributed by atoms with Crippen molar-refractivity contribution in [2.24, 2.45) is 5.41 Å². The largest absolute Gasteiger partial charge is 0.481 e. The third kappa shape index (κ3) is 2.66. The molecule has 1 heterocycles. The molecule has 0 radical (unpaired) electrons. The fourth-order valence-electron chi connectivity index (χ4n) is 2.03. The molecule has 1 aliphatic rings. The number of nitrogens with zero attached hydrogens (tertiary/aromatic N) is 2. The Hall–Kier alpha value is -1.52. The number of hydrogen-bond donors (Lipinski definition) is 1. The number of aromatic nitrogens is 2. The molecule has 18 heavy (non-hydrogen) atoms. The summed E-state index contributed by atoms with van der Waals surface area (Å²) >= 11 is 0. The standard InChI is InChI=1S/C13H20N2O3/c1-13(2,11(16)17)6-3-7-14-8-9-15(12(14)18)10-4-5-10/h8-10H,3-7H2,1-2H3,(H,16,17). The monoisotopic (exact) mass is 252 g/mol. The first kappa shape index (κ1) is 12.9. The van der Waals surface area contributed by atoms with Gasteiger partial charge in [-0.1, -0.05) is 0 Å². The molecule has 2 rings (SSSR count). The van der Waals surface area contributed by atoms with Gasteiger partial charge in [0.2, 0.25) is 0 Å².